The predicted molar refractivity (Wildman–Crippen MR) is 128 cm³/mol. The fourth-order valence-electron chi connectivity index (χ4n) is 3.20. The van der Waals surface area contributed by atoms with Crippen LogP contribution in [0.4, 0.5) is 0 Å². The van der Waals surface area contributed by atoms with Crippen LogP contribution in [0.1, 0.15) is 74.1 Å². The summed E-state index contributed by atoms with van der Waals surface area (Å²) in [6, 6.07) is -0.840. The van der Waals surface area contributed by atoms with E-state index in [2.05, 4.69) is 21.3 Å². The first-order valence-corrected chi connectivity index (χ1v) is 11.8. The number of unbranched alkanes of at least 4 members (excludes halogenated alkanes) is 1. The van der Waals surface area contributed by atoms with Gasteiger partial charge in [0.15, 0.2) is 5.78 Å². The number of carbonyl (C=O) groups excluding carboxylic acids is 4. The molecule has 0 aliphatic heterocycles. The molecular formula is C24H44N4O4. The van der Waals surface area contributed by atoms with Crippen molar-refractivity contribution in [3.8, 4) is 0 Å². The summed E-state index contributed by atoms with van der Waals surface area (Å²) in [5, 5.41) is 11.5. The lowest BCUT2D eigenvalue weighted by atomic mass is 9.97. The summed E-state index contributed by atoms with van der Waals surface area (Å²) < 4.78 is 0. The molecule has 32 heavy (non-hydrogen) atoms. The lowest BCUT2D eigenvalue weighted by Crippen LogP contribution is -2.53. The number of amides is 3. The van der Waals surface area contributed by atoms with E-state index in [1.54, 1.807) is 26.8 Å². The highest BCUT2D eigenvalue weighted by molar-refractivity contribution is 5.92. The molecule has 0 radical (unpaired) electrons. The Morgan fingerprint density at radius 2 is 1.59 bits per heavy atom. The zero-order valence-electron chi connectivity index (χ0n) is 20.9. The molecular weight excluding hydrogens is 408 g/mol. The molecule has 0 saturated heterocycles. The molecule has 0 spiro atoms. The summed E-state index contributed by atoms with van der Waals surface area (Å²) in [4.78, 5) is 49.0. The second kappa shape index (κ2) is 16.4. The summed E-state index contributed by atoms with van der Waals surface area (Å²) in [5.41, 5.74) is 0. The number of hydrogen-bond acceptors (Lipinski definition) is 5. The van der Waals surface area contributed by atoms with Crippen LogP contribution in [0.2, 0.25) is 0 Å². The first-order valence-electron chi connectivity index (χ1n) is 11.8. The standard InChI is InChI=1S/C24H44N4O4/c1-8-12-20(29)25-14-11-10-13-19(23(31)16(3)4)28-21(30)15-26-24(32)22(18(7)9-2)27-17(5)6/h8,12,16-19,22,27H,9-11,13-15H2,1-7H3,(H,25,29)(H,26,32)(H,28,30)/b12-8+/t18?,19-,22-/m0/s1. The van der Waals surface area contributed by atoms with Gasteiger partial charge in [0.25, 0.3) is 0 Å². The molecule has 3 atom stereocenters. The molecule has 0 aliphatic carbocycles. The second-order valence-electron chi connectivity index (χ2n) is 8.87. The van der Waals surface area contributed by atoms with Crippen molar-refractivity contribution in [2.24, 2.45) is 11.8 Å². The number of nitrogens with one attached hydrogen (secondary N) is 4. The van der Waals surface area contributed by atoms with Crippen LogP contribution in [0.25, 0.3) is 0 Å². The normalized spacial score (nSPS) is 14.3. The smallest absolute Gasteiger partial charge is 0.243 e. The van der Waals surface area contributed by atoms with Crippen molar-refractivity contribution in [2.75, 3.05) is 13.1 Å². The van der Waals surface area contributed by atoms with Crippen LogP contribution in [0, 0.1) is 11.8 Å². The minimum atomic E-state index is -0.607. The summed E-state index contributed by atoms with van der Waals surface area (Å²) in [6.07, 6.45) is 5.84. The van der Waals surface area contributed by atoms with Gasteiger partial charge in [-0.3, -0.25) is 19.2 Å². The maximum atomic E-state index is 12.6. The van der Waals surface area contributed by atoms with Gasteiger partial charge in [0.05, 0.1) is 18.6 Å². The minimum Gasteiger partial charge on any atom is -0.353 e. The highest BCUT2D eigenvalue weighted by Gasteiger charge is 2.26. The number of ketones is 1. The molecule has 0 aromatic heterocycles. The monoisotopic (exact) mass is 452 g/mol. The van der Waals surface area contributed by atoms with E-state index < -0.39 is 6.04 Å². The molecule has 0 aliphatic rings. The Morgan fingerprint density at radius 3 is 2.12 bits per heavy atom. The van der Waals surface area contributed by atoms with E-state index in [0.717, 1.165) is 6.42 Å². The first-order chi connectivity index (χ1) is 15.0. The van der Waals surface area contributed by atoms with Crippen molar-refractivity contribution in [3.05, 3.63) is 12.2 Å². The Kier molecular flexibility index (Phi) is 15.3. The van der Waals surface area contributed by atoms with Crippen LogP contribution in [0.3, 0.4) is 0 Å². The number of Topliss-reactive ketones (excluding diaryl/α,β-unsaturated/α-hetero) is 1. The molecule has 0 aromatic carbocycles. The van der Waals surface area contributed by atoms with Crippen LogP contribution in [-0.4, -0.2) is 54.7 Å². The summed E-state index contributed by atoms with van der Waals surface area (Å²) in [5.74, 6) is -0.869. The van der Waals surface area contributed by atoms with Crippen molar-refractivity contribution in [1.82, 2.24) is 21.3 Å². The molecule has 0 heterocycles. The maximum absolute atomic E-state index is 12.6. The Labute approximate surface area is 193 Å². The summed E-state index contributed by atoms with van der Waals surface area (Å²) in [7, 11) is 0. The molecule has 0 saturated carbocycles. The third kappa shape index (κ3) is 12.6. The summed E-state index contributed by atoms with van der Waals surface area (Å²) >= 11 is 0. The topological polar surface area (TPSA) is 116 Å². The molecule has 4 N–H and O–H groups in total. The maximum Gasteiger partial charge on any atom is 0.243 e. The molecule has 0 bridgehead atoms. The third-order valence-corrected chi connectivity index (χ3v) is 5.22. The van der Waals surface area contributed by atoms with Crippen molar-refractivity contribution < 1.29 is 19.2 Å². The number of hydrogen-bond donors (Lipinski definition) is 4. The molecule has 8 nitrogen and oxygen atoms in total. The Bertz CT molecular complexity index is 631. The predicted octanol–water partition coefficient (Wildman–Crippen LogP) is 2.09. The van der Waals surface area contributed by atoms with Crippen LogP contribution in [0.15, 0.2) is 12.2 Å². The van der Waals surface area contributed by atoms with Gasteiger partial charge in [-0.1, -0.05) is 54.0 Å². The van der Waals surface area contributed by atoms with Crippen LogP contribution < -0.4 is 21.3 Å². The lowest BCUT2D eigenvalue weighted by molar-refractivity contribution is -0.131. The van der Waals surface area contributed by atoms with Gasteiger partial charge in [0.1, 0.15) is 0 Å². The number of carbonyl (C=O) groups is 4. The molecule has 3 amide bonds. The van der Waals surface area contributed by atoms with E-state index in [0.29, 0.717) is 25.8 Å². The molecule has 0 aromatic rings. The van der Waals surface area contributed by atoms with E-state index in [1.807, 2.05) is 27.7 Å². The fraction of sp³-hybridized carbons (Fsp3) is 0.750. The van der Waals surface area contributed by atoms with Gasteiger partial charge >= 0.3 is 0 Å². The van der Waals surface area contributed by atoms with Crippen LogP contribution >= 0.6 is 0 Å². The molecule has 184 valence electrons. The van der Waals surface area contributed by atoms with E-state index in [4.69, 9.17) is 0 Å². The zero-order chi connectivity index (χ0) is 24.7. The molecule has 1 unspecified atom stereocenters. The van der Waals surface area contributed by atoms with Gasteiger partial charge < -0.3 is 21.3 Å². The Morgan fingerprint density at radius 1 is 0.938 bits per heavy atom. The lowest BCUT2D eigenvalue weighted by Gasteiger charge is -2.26. The second-order valence-corrected chi connectivity index (χ2v) is 8.87. The average Bonchev–Trinajstić information content (AvgIpc) is 2.73. The average molecular weight is 453 g/mol. The number of rotatable bonds is 16. The molecule has 8 heteroatoms. The molecule has 0 rings (SSSR count). The summed E-state index contributed by atoms with van der Waals surface area (Å²) in [6.45, 7) is 13.7. The van der Waals surface area contributed by atoms with Crippen molar-refractivity contribution in [3.63, 3.8) is 0 Å². The Balaban J connectivity index is 4.72. The van der Waals surface area contributed by atoms with Crippen molar-refractivity contribution in [1.29, 1.82) is 0 Å². The molecule has 0 fully saturated rings. The quantitative estimate of drug-likeness (QED) is 0.211. The van der Waals surface area contributed by atoms with E-state index in [1.165, 1.54) is 6.08 Å². The van der Waals surface area contributed by atoms with Crippen LogP contribution in [-0.2, 0) is 19.2 Å². The van der Waals surface area contributed by atoms with Crippen molar-refractivity contribution in [2.45, 2.75) is 92.3 Å². The number of allylic oxidation sites excluding steroid dienone is 1. The third-order valence-electron chi connectivity index (χ3n) is 5.22. The van der Waals surface area contributed by atoms with Gasteiger partial charge in [-0.05, 0) is 38.2 Å². The van der Waals surface area contributed by atoms with Gasteiger partial charge in [0.2, 0.25) is 17.7 Å². The fourth-order valence-corrected chi connectivity index (χ4v) is 3.20. The highest BCUT2D eigenvalue weighted by Crippen LogP contribution is 2.10. The van der Waals surface area contributed by atoms with E-state index in [-0.39, 0.29) is 54.0 Å². The van der Waals surface area contributed by atoms with Gasteiger partial charge in [-0.25, -0.2) is 0 Å². The first kappa shape index (κ1) is 29.8. The van der Waals surface area contributed by atoms with Gasteiger partial charge in [-0.15, -0.1) is 0 Å². The van der Waals surface area contributed by atoms with E-state index in [9.17, 15) is 19.2 Å². The SMILES string of the molecule is C/C=C/C(=O)NCCCC[C@H](NC(=O)CNC(=O)[C@@H](NC(C)C)C(C)CC)C(=O)C(C)C. The zero-order valence-corrected chi connectivity index (χ0v) is 20.9. The highest BCUT2D eigenvalue weighted by atomic mass is 16.2. The Hall–Kier alpha value is -2.22. The largest absolute Gasteiger partial charge is 0.353 e. The van der Waals surface area contributed by atoms with Crippen molar-refractivity contribution >= 4 is 23.5 Å². The minimum absolute atomic E-state index is 0.0402. The van der Waals surface area contributed by atoms with Gasteiger partial charge in [0, 0.05) is 18.5 Å². The van der Waals surface area contributed by atoms with Crippen LogP contribution in [0.5, 0.6) is 0 Å². The van der Waals surface area contributed by atoms with E-state index >= 15 is 0 Å². The van der Waals surface area contributed by atoms with Gasteiger partial charge in [-0.2, -0.15) is 0 Å².